The lowest BCUT2D eigenvalue weighted by Gasteiger charge is -2.15. The van der Waals surface area contributed by atoms with Crippen LogP contribution in [-0.4, -0.2) is 33.7 Å². The van der Waals surface area contributed by atoms with E-state index in [9.17, 15) is 9.59 Å². The van der Waals surface area contributed by atoms with Gasteiger partial charge in [-0.3, -0.25) is 9.59 Å². The fourth-order valence-corrected chi connectivity index (χ4v) is 1.22. The summed E-state index contributed by atoms with van der Waals surface area (Å²) in [6.45, 7) is 1.42. The van der Waals surface area contributed by atoms with Crippen molar-refractivity contribution in [3.05, 3.63) is 0 Å². The van der Waals surface area contributed by atoms with Gasteiger partial charge in [-0.2, -0.15) is 0 Å². The molecule has 0 bridgehead atoms. The van der Waals surface area contributed by atoms with Gasteiger partial charge >= 0.3 is 11.9 Å². The Bertz CT molecular complexity index is 234. The number of aliphatic carboxylic acids is 2. The Hall–Kier alpha value is -1.14. The van der Waals surface area contributed by atoms with Crippen molar-refractivity contribution in [2.24, 2.45) is 11.5 Å². The zero-order valence-electron chi connectivity index (χ0n) is 8.77. The summed E-state index contributed by atoms with van der Waals surface area (Å²) in [5.74, 6) is -1.81. The second kappa shape index (κ2) is 5.67. The summed E-state index contributed by atoms with van der Waals surface area (Å²) in [4.78, 5) is 20.0. The quantitative estimate of drug-likeness (QED) is 0.506. The second-order valence-electron chi connectivity index (χ2n) is 3.80. The first-order valence-electron chi connectivity index (χ1n) is 4.80. The van der Waals surface area contributed by atoms with E-state index in [1.54, 1.807) is 0 Å². The summed E-state index contributed by atoms with van der Waals surface area (Å²) >= 11 is 0. The van der Waals surface area contributed by atoms with Crippen molar-refractivity contribution in [2.75, 3.05) is 0 Å². The molecule has 0 aromatic carbocycles. The predicted octanol–water partition coefficient (Wildman–Crippen LogP) is -0.239. The average molecular weight is 218 g/mol. The Morgan fingerprint density at radius 2 is 1.60 bits per heavy atom. The lowest BCUT2D eigenvalue weighted by atomic mass is 10.0. The molecule has 0 radical (unpaired) electrons. The van der Waals surface area contributed by atoms with Gasteiger partial charge in [0.15, 0.2) is 0 Å². The van der Waals surface area contributed by atoms with Crippen LogP contribution < -0.4 is 11.5 Å². The van der Waals surface area contributed by atoms with Crippen molar-refractivity contribution in [2.45, 2.75) is 44.2 Å². The Labute approximate surface area is 88.3 Å². The molecule has 6 nitrogen and oxygen atoms in total. The van der Waals surface area contributed by atoms with Gasteiger partial charge in [-0.15, -0.1) is 0 Å². The first-order valence-corrected chi connectivity index (χ1v) is 4.80. The molecule has 1 saturated carbocycles. The fourth-order valence-electron chi connectivity index (χ4n) is 1.22. The molecule has 0 unspecified atom stereocenters. The number of carbonyl (C=O) groups is 2. The standard InChI is InChI=1S/C6H11NO2.C3H7NO2/c7-6(5(8)9)3-1-2-4-6;1-2(4)3(5)6/h1-4,7H2,(H,8,9);2H,4H2,1H3,(H,5,6)/t;2-/m.0/s1. The zero-order chi connectivity index (χ0) is 12.1. The number of carboxylic acids is 2. The molecule has 1 fully saturated rings. The maximum atomic E-state index is 10.4. The molecule has 6 heteroatoms. The first-order chi connectivity index (χ1) is 6.79. The van der Waals surface area contributed by atoms with Gasteiger partial charge in [-0.05, 0) is 19.8 Å². The molecule has 1 atom stereocenters. The van der Waals surface area contributed by atoms with Gasteiger partial charge in [0.05, 0.1) is 0 Å². The molecule has 0 aromatic rings. The second-order valence-corrected chi connectivity index (χ2v) is 3.80. The highest BCUT2D eigenvalue weighted by Gasteiger charge is 2.36. The monoisotopic (exact) mass is 218 g/mol. The van der Waals surface area contributed by atoms with Crippen LogP contribution in [0.2, 0.25) is 0 Å². The van der Waals surface area contributed by atoms with Gasteiger partial charge < -0.3 is 21.7 Å². The van der Waals surface area contributed by atoms with E-state index in [0.717, 1.165) is 12.8 Å². The van der Waals surface area contributed by atoms with E-state index in [4.69, 9.17) is 21.7 Å². The van der Waals surface area contributed by atoms with Crippen LogP contribution in [0.15, 0.2) is 0 Å². The minimum Gasteiger partial charge on any atom is -0.480 e. The smallest absolute Gasteiger partial charge is 0.323 e. The highest BCUT2D eigenvalue weighted by molar-refractivity contribution is 5.78. The lowest BCUT2D eigenvalue weighted by molar-refractivity contribution is -0.143. The average Bonchev–Trinajstić information content (AvgIpc) is 2.54. The van der Waals surface area contributed by atoms with Crippen LogP contribution in [0.25, 0.3) is 0 Å². The van der Waals surface area contributed by atoms with E-state index in [1.807, 2.05) is 0 Å². The van der Waals surface area contributed by atoms with Crippen LogP contribution in [0.3, 0.4) is 0 Å². The summed E-state index contributed by atoms with van der Waals surface area (Å²) in [6, 6.07) is -0.731. The van der Waals surface area contributed by atoms with Crippen molar-refractivity contribution in [3.8, 4) is 0 Å². The van der Waals surface area contributed by atoms with Crippen LogP contribution in [0.4, 0.5) is 0 Å². The van der Waals surface area contributed by atoms with E-state index < -0.39 is 23.5 Å². The number of nitrogens with two attached hydrogens (primary N) is 2. The van der Waals surface area contributed by atoms with Gasteiger partial charge in [-0.1, -0.05) is 12.8 Å². The minimum atomic E-state index is -0.963. The largest absolute Gasteiger partial charge is 0.480 e. The molecule has 0 amide bonds. The Morgan fingerprint density at radius 3 is 1.73 bits per heavy atom. The van der Waals surface area contributed by atoms with Gasteiger partial charge in [0.1, 0.15) is 11.6 Å². The van der Waals surface area contributed by atoms with Crippen LogP contribution in [0.1, 0.15) is 32.6 Å². The number of carboxylic acid groups (broad SMARTS) is 2. The SMILES string of the molecule is C[C@H](N)C(=O)O.NC1(C(=O)O)CCCC1. The molecular formula is C9H18N2O4. The number of rotatable bonds is 2. The van der Waals surface area contributed by atoms with E-state index in [2.05, 4.69) is 0 Å². The molecule has 0 aromatic heterocycles. The van der Waals surface area contributed by atoms with Crippen LogP contribution in [0, 0.1) is 0 Å². The van der Waals surface area contributed by atoms with Gasteiger partial charge in [0.25, 0.3) is 0 Å². The van der Waals surface area contributed by atoms with Crippen molar-refractivity contribution in [3.63, 3.8) is 0 Å². The molecule has 0 spiro atoms. The fraction of sp³-hybridized carbons (Fsp3) is 0.778. The third-order valence-electron chi connectivity index (χ3n) is 2.31. The molecule has 1 rings (SSSR count). The first kappa shape index (κ1) is 13.9. The zero-order valence-corrected chi connectivity index (χ0v) is 8.77. The summed E-state index contributed by atoms with van der Waals surface area (Å²) in [7, 11) is 0. The van der Waals surface area contributed by atoms with E-state index in [0.29, 0.717) is 12.8 Å². The molecular weight excluding hydrogens is 200 g/mol. The molecule has 88 valence electrons. The third-order valence-corrected chi connectivity index (χ3v) is 2.31. The van der Waals surface area contributed by atoms with Crippen molar-refractivity contribution < 1.29 is 19.8 Å². The summed E-state index contributed by atoms with van der Waals surface area (Å²) < 4.78 is 0. The maximum absolute atomic E-state index is 10.4. The summed E-state index contributed by atoms with van der Waals surface area (Å²) in [5, 5.41) is 16.4. The summed E-state index contributed by atoms with van der Waals surface area (Å²) in [5.41, 5.74) is 9.45. The van der Waals surface area contributed by atoms with E-state index in [1.165, 1.54) is 6.92 Å². The Morgan fingerprint density at radius 1 is 1.27 bits per heavy atom. The van der Waals surface area contributed by atoms with E-state index >= 15 is 0 Å². The molecule has 0 saturated heterocycles. The molecule has 1 aliphatic rings. The molecule has 6 N–H and O–H groups in total. The van der Waals surface area contributed by atoms with Gasteiger partial charge in [0, 0.05) is 0 Å². The predicted molar refractivity (Wildman–Crippen MR) is 54.3 cm³/mol. The highest BCUT2D eigenvalue weighted by atomic mass is 16.4. The van der Waals surface area contributed by atoms with Crippen LogP contribution >= 0.6 is 0 Å². The molecule has 0 aliphatic heterocycles. The Kier molecular flexibility index (Phi) is 5.24. The molecule has 15 heavy (non-hydrogen) atoms. The lowest BCUT2D eigenvalue weighted by Crippen LogP contribution is -2.44. The van der Waals surface area contributed by atoms with Gasteiger partial charge in [-0.25, -0.2) is 0 Å². The summed E-state index contributed by atoms with van der Waals surface area (Å²) in [6.07, 6.45) is 3.20. The van der Waals surface area contributed by atoms with Crippen LogP contribution in [0.5, 0.6) is 0 Å². The van der Waals surface area contributed by atoms with Crippen molar-refractivity contribution in [1.29, 1.82) is 0 Å². The maximum Gasteiger partial charge on any atom is 0.323 e. The minimum absolute atomic E-state index is 0.641. The number of hydrogen-bond donors (Lipinski definition) is 4. The third kappa shape index (κ3) is 4.75. The topological polar surface area (TPSA) is 127 Å². The number of hydrogen-bond acceptors (Lipinski definition) is 4. The van der Waals surface area contributed by atoms with Crippen molar-refractivity contribution >= 4 is 11.9 Å². The highest BCUT2D eigenvalue weighted by Crippen LogP contribution is 2.26. The Balaban J connectivity index is 0.000000288. The van der Waals surface area contributed by atoms with Crippen LogP contribution in [-0.2, 0) is 9.59 Å². The molecule has 0 heterocycles. The van der Waals surface area contributed by atoms with E-state index in [-0.39, 0.29) is 0 Å². The van der Waals surface area contributed by atoms with Crippen molar-refractivity contribution in [1.82, 2.24) is 0 Å². The molecule has 1 aliphatic carbocycles. The van der Waals surface area contributed by atoms with Gasteiger partial charge in [0.2, 0.25) is 0 Å². The normalized spacial score (nSPS) is 19.9.